The third-order valence-electron chi connectivity index (χ3n) is 3.25. The summed E-state index contributed by atoms with van der Waals surface area (Å²) in [4.78, 5) is 24.1. The van der Waals surface area contributed by atoms with Crippen molar-refractivity contribution < 1.29 is 9.72 Å². The van der Waals surface area contributed by atoms with Gasteiger partial charge in [0.15, 0.2) is 0 Å². The number of rotatable bonds is 3. The van der Waals surface area contributed by atoms with E-state index in [1.165, 1.54) is 6.07 Å². The summed E-state index contributed by atoms with van der Waals surface area (Å²) in [5.74, 6) is 0.142. The second-order valence-electron chi connectivity index (χ2n) is 4.67. The molecule has 1 heterocycles. The first-order valence-corrected chi connectivity index (χ1v) is 7.08. The van der Waals surface area contributed by atoms with Crippen molar-refractivity contribution in [2.75, 3.05) is 6.54 Å². The minimum absolute atomic E-state index is 0.0415. The Morgan fingerprint density at radius 2 is 2.11 bits per heavy atom. The Kier molecular flexibility index (Phi) is 4.52. The summed E-state index contributed by atoms with van der Waals surface area (Å²) in [5.41, 5.74) is 0.838. The lowest BCUT2D eigenvalue weighted by Gasteiger charge is -2.20. The van der Waals surface area contributed by atoms with Crippen molar-refractivity contribution in [1.82, 2.24) is 4.90 Å². The molecule has 0 aliphatic carbocycles. The maximum atomic E-state index is 11.9. The van der Waals surface area contributed by atoms with Crippen LogP contribution in [0.25, 0.3) is 0 Å². The molecular weight excluding hydrogens is 312 g/mol. The lowest BCUT2D eigenvalue weighted by Crippen LogP contribution is -2.29. The fourth-order valence-corrected chi connectivity index (χ4v) is 2.61. The van der Waals surface area contributed by atoms with Gasteiger partial charge >= 0.3 is 0 Å². The molecule has 2 rings (SSSR count). The zero-order valence-corrected chi connectivity index (χ0v) is 12.1. The van der Waals surface area contributed by atoms with Gasteiger partial charge < -0.3 is 4.90 Å². The number of halogens is 1. The molecule has 0 spiro atoms. The number of benzene rings is 1. The Morgan fingerprint density at radius 1 is 1.32 bits per heavy atom. The zero-order chi connectivity index (χ0) is 13.8. The number of carbonyl (C=O) groups excluding carboxylic acids is 1. The first-order valence-electron chi connectivity index (χ1n) is 6.28. The van der Waals surface area contributed by atoms with Crippen molar-refractivity contribution in [2.24, 2.45) is 0 Å². The summed E-state index contributed by atoms with van der Waals surface area (Å²) in [5, 5.41) is 10.9. The van der Waals surface area contributed by atoms with Crippen LogP contribution in [0.1, 0.15) is 31.2 Å². The van der Waals surface area contributed by atoms with Gasteiger partial charge in [-0.1, -0.05) is 12.5 Å². The van der Waals surface area contributed by atoms with E-state index in [-0.39, 0.29) is 11.6 Å². The van der Waals surface area contributed by atoms with Crippen LogP contribution in [0.15, 0.2) is 22.7 Å². The Morgan fingerprint density at radius 3 is 2.84 bits per heavy atom. The second-order valence-corrected chi connectivity index (χ2v) is 5.52. The van der Waals surface area contributed by atoms with E-state index in [9.17, 15) is 14.9 Å². The summed E-state index contributed by atoms with van der Waals surface area (Å²) in [7, 11) is 0. The number of hydrogen-bond donors (Lipinski definition) is 0. The summed E-state index contributed by atoms with van der Waals surface area (Å²) in [6.45, 7) is 1.19. The molecular formula is C13H15BrN2O3. The SMILES string of the molecule is O=C1CCCCCN1Cc1ccc(Br)c([N+](=O)[O-])c1. The van der Waals surface area contributed by atoms with E-state index in [1.807, 2.05) is 6.07 Å². The van der Waals surface area contributed by atoms with Gasteiger partial charge in [-0.15, -0.1) is 0 Å². The summed E-state index contributed by atoms with van der Waals surface area (Å²) >= 11 is 3.16. The van der Waals surface area contributed by atoms with Gasteiger partial charge in [0.05, 0.1) is 9.40 Å². The van der Waals surface area contributed by atoms with Crippen LogP contribution in [0, 0.1) is 10.1 Å². The van der Waals surface area contributed by atoms with Crippen molar-refractivity contribution in [3.63, 3.8) is 0 Å². The molecule has 1 amide bonds. The van der Waals surface area contributed by atoms with Crippen LogP contribution < -0.4 is 0 Å². The van der Waals surface area contributed by atoms with Gasteiger partial charge in [-0.25, -0.2) is 0 Å². The van der Waals surface area contributed by atoms with Gasteiger partial charge in [0.1, 0.15) is 0 Å². The molecule has 1 aliphatic heterocycles. The summed E-state index contributed by atoms with van der Waals surface area (Å²) in [6, 6.07) is 5.01. The standard InChI is InChI=1S/C13H15BrN2O3/c14-11-6-5-10(8-12(11)16(18)19)9-15-7-3-1-2-4-13(15)17/h5-6,8H,1-4,7,9H2. The Balaban J connectivity index is 2.16. The van der Waals surface area contributed by atoms with E-state index in [4.69, 9.17) is 0 Å². The third-order valence-corrected chi connectivity index (χ3v) is 3.92. The van der Waals surface area contributed by atoms with E-state index < -0.39 is 4.92 Å². The summed E-state index contributed by atoms with van der Waals surface area (Å²) < 4.78 is 0.462. The van der Waals surface area contributed by atoms with Crippen molar-refractivity contribution in [1.29, 1.82) is 0 Å². The molecule has 102 valence electrons. The minimum atomic E-state index is -0.419. The van der Waals surface area contributed by atoms with Crippen LogP contribution in [0.3, 0.4) is 0 Å². The molecule has 0 atom stereocenters. The quantitative estimate of drug-likeness (QED) is 0.632. The van der Waals surface area contributed by atoms with Crippen LogP contribution in [-0.2, 0) is 11.3 Å². The molecule has 1 aromatic carbocycles. The van der Waals surface area contributed by atoms with Crippen LogP contribution in [-0.4, -0.2) is 22.3 Å². The highest BCUT2D eigenvalue weighted by Crippen LogP contribution is 2.26. The summed E-state index contributed by atoms with van der Waals surface area (Å²) in [6.07, 6.45) is 3.60. The van der Waals surface area contributed by atoms with Gasteiger partial charge in [-0.05, 0) is 40.4 Å². The number of nitro benzene ring substituents is 1. The van der Waals surface area contributed by atoms with Gasteiger partial charge in [0, 0.05) is 25.6 Å². The second kappa shape index (κ2) is 6.14. The molecule has 1 fully saturated rings. The number of nitro groups is 1. The van der Waals surface area contributed by atoms with E-state index in [0.29, 0.717) is 17.4 Å². The lowest BCUT2D eigenvalue weighted by molar-refractivity contribution is -0.385. The first kappa shape index (κ1) is 14.0. The van der Waals surface area contributed by atoms with Gasteiger partial charge in [-0.2, -0.15) is 0 Å². The highest BCUT2D eigenvalue weighted by atomic mass is 79.9. The monoisotopic (exact) mass is 326 g/mol. The highest BCUT2D eigenvalue weighted by molar-refractivity contribution is 9.10. The molecule has 6 heteroatoms. The van der Waals surface area contributed by atoms with E-state index in [2.05, 4.69) is 15.9 Å². The average Bonchev–Trinajstić information content (AvgIpc) is 2.57. The first-order chi connectivity index (χ1) is 9.08. The van der Waals surface area contributed by atoms with Crippen molar-refractivity contribution in [2.45, 2.75) is 32.2 Å². The Bertz CT molecular complexity index is 505. The topological polar surface area (TPSA) is 63.5 Å². The van der Waals surface area contributed by atoms with Crippen molar-refractivity contribution >= 4 is 27.5 Å². The van der Waals surface area contributed by atoms with E-state index >= 15 is 0 Å². The largest absolute Gasteiger partial charge is 0.338 e. The predicted molar refractivity (Wildman–Crippen MR) is 74.7 cm³/mol. The number of hydrogen-bond acceptors (Lipinski definition) is 3. The third kappa shape index (κ3) is 3.53. The molecule has 19 heavy (non-hydrogen) atoms. The van der Waals surface area contributed by atoms with Gasteiger partial charge in [0.25, 0.3) is 5.69 Å². The van der Waals surface area contributed by atoms with Crippen molar-refractivity contribution in [3.05, 3.63) is 38.3 Å². The molecule has 0 radical (unpaired) electrons. The van der Waals surface area contributed by atoms with E-state index in [0.717, 1.165) is 31.4 Å². The van der Waals surface area contributed by atoms with Crippen LogP contribution in [0.5, 0.6) is 0 Å². The maximum Gasteiger partial charge on any atom is 0.283 e. The molecule has 0 unspecified atom stereocenters. The molecule has 0 aromatic heterocycles. The Hall–Kier alpha value is -1.43. The van der Waals surface area contributed by atoms with Gasteiger partial charge in [0.2, 0.25) is 5.91 Å². The molecule has 1 aromatic rings. The number of amides is 1. The molecule has 5 nitrogen and oxygen atoms in total. The lowest BCUT2D eigenvalue weighted by atomic mass is 10.2. The smallest absolute Gasteiger partial charge is 0.283 e. The molecule has 1 saturated heterocycles. The molecule has 0 N–H and O–H groups in total. The molecule has 1 aliphatic rings. The number of carbonyl (C=O) groups is 1. The van der Waals surface area contributed by atoms with Crippen LogP contribution in [0.4, 0.5) is 5.69 Å². The average molecular weight is 327 g/mol. The molecule has 0 saturated carbocycles. The normalized spacial score (nSPS) is 16.3. The van der Waals surface area contributed by atoms with Crippen LogP contribution in [0.2, 0.25) is 0 Å². The van der Waals surface area contributed by atoms with E-state index in [1.54, 1.807) is 11.0 Å². The predicted octanol–water partition coefficient (Wildman–Crippen LogP) is 3.26. The number of nitrogens with zero attached hydrogens (tertiary/aromatic N) is 2. The number of likely N-dealkylation sites (tertiary alicyclic amines) is 1. The zero-order valence-electron chi connectivity index (χ0n) is 10.5. The molecule has 0 bridgehead atoms. The fraction of sp³-hybridized carbons (Fsp3) is 0.462. The van der Waals surface area contributed by atoms with Crippen LogP contribution >= 0.6 is 15.9 Å². The highest BCUT2D eigenvalue weighted by Gasteiger charge is 2.18. The Labute approximate surface area is 119 Å². The maximum absolute atomic E-state index is 11.9. The minimum Gasteiger partial charge on any atom is -0.338 e. The van der Waals surface area contributed by atoms with Gasteiger partial charge in [-0.3, -0.25) is 14.9 Å². The van der Waals surface area contributed by atoms with Crippen molar-refractivity contribution in [3.8, 4) is 0 Å². The fourth-order valence-electron chi connectivity index (χ4n) is 2.22.